The van der Waals surface area contributed by atoms with Gasteiger partial charge >= 0.3 is 0 Å². The van der Waals surface area contributed by atoms with Crippen LogP contribution in [0.15, 0.2) is 48.7 Å². The summed E-state index contributed by atoms with van der Waals surface area (Å²) in [5.74, 6) is -0.109. The zero-order chi connectivity index (χ0) is 16.5. The van der Waals surface area contributed by atoms with Crippen LogP contribution in [-0.2, 0) is 16.0 Å². The quantitative estimate of drug-likeness (QED) is 0.823. The van der Waals surface area contributed by atoms with Gasteiger partial charge in [-0.3, -0.25) is 14.6 Å². The highest BCUT2D eigenvalue weighted by Crippen LogP contribution is 2.14. The molecule has 5 nitrogen and oxygen atoms in total. The Morgan fingerprint density at radius 2 is 1.61 bits per heavy atom. The van der Waals surface area contributed by atoms with E-state index in [1.807, 2.05) is 18.2 Å². The number of pyridine rings is 1. The van der Waals surface area contributed by atoms with Crippen LogP contribution in [0.3, 0.4) is 0 Å². The lowest BCUT2D eigenvalue weighted by Gasteiger charge is -2.08. The van der Waals surface area contributed by atoms with Gasteiger partial charge in [0.05, 0.1) is 6.42 Å². The molecule has 0 aliphatic carbocycles. The third-order valence-electron chi connectivity index (χ3n) is 3.28. The number of nitrogens with zero attached hydrogens (tertiary/aromatic N) is 1. The minimum absolute atomic E-state index is 0.0128. The Morgan fingerprint density at radius 1 is 0.957 bits per heavy atom. The Hall–Kier alpha value is -2.69. The molecule has 5 heteroatoms. The van der Waals surface area contributed by atoms with Gasteiger partial charge in [0.15, 0.2) is 0 Å². The summed E-state index contributed by atoms with van der Waals surface area (Å²) in [5, 5.41) is 5.65. The van der Waals surface area contributed by atoms with E-state index in [4.69, 9.17) is 0 Å². The number of nitrogens with one attached hydrogen (secondary N) is 2. The third kappa shape index (κ3) is 5.90. The Bertz CT molecular complexity index is 639. The zero-order valence-corrected chi connectivity index (χ0v) is 13.2. The first-order valence-corrected chi connectivity index (χ1v) is 7.77. The summed E-state index contributed by atoms with van der Waals surface area (Å²) in [6.45, 7) is 2.05. The maximum absolute atomic E-state index is 11.9. The van der Waals surface area contributed by atoms with Gasteiger partial charge in [0, 0.05) is 29.7 Å². The van der Waals surface area contributed by atoms with Crippen LogP contribution in [0.4, 0.5) is 11.4 Å². The highest BCUT2D eigenvalue weighted by atomic mass is 16.2. The number of carbonyl (C=O) groups excluding carboxylic acids is 2. The molecule has 0 aliphatic rings. The van der Waals surface area contributed by atoms with Crippen molar-refractivity contribution in [2.75, 3.05) is 10.6 Å². The van der Waals surface area contributed by atoms with Gasteiger partial charge in [-0.05, 0) is 42.8 Å². The first-order valence-electron chi connectivity index (χ1n) is 7.77. The van der Waals surface area contributed by atoms with Crippen molar-refractivity contribution >= 4 is 23.2 Å². The predicted molar refractivity (Wildman–Crippen MR) is 91.2 cm³/mol. The summed E-state index contributed by atoms with van der Waals surface area (Å²) in [4.78, 5) is 27.7. The maximum Gasteiger partial charge on any atom is 0.230 e. The second-order valence-corrected chi connectivity index (χ2v) is 5.28. The number of aromatic nitrogens is 1. The molecule has 1 aromatic heterocycles. The molecule has 23 heavy (non-hydrogen) atoms. The summed E-state index contributed by atoms with van der Waals surface area (Å²) in [6, 6.07) is 12.6. The number of hydrogen-bond donors (Lipinski definition) is 2. The molecule has 1 heterocycles. The fraction of sp³-hybridized carbons (Fsp3) is 0.278. The van der Waals surface area contributed by atoms with Gasteiger partial charge in [0.1, 0.15) is 0 Å². The van der Waals surface area contributed by atoms with Crippen LogP contribution >= 0.6 is 0 Å². The molecule has 0 fully saturated rings. The van der Waals surface area contributed by atoms with E-state index in [9.17, 15) is 9.59 Å². The number of amides is 2. The van der Waals surface area contributed by atoms with Gasteiger partial charge in [-0.1, -0.05) is 19.4 Å². The van der Waals surface area contributed by atoms with Crippen LogP contribution in [0.2, 0.25) is 0 Å². The summed E-state index contributed by atoms with van der Waals surface area (Å²) in [7, 11) is 0. The standard InChI is InChI=1S/C18H21N3O2/c1-2-3-7-17(22)20-14-8-10-15(11-9-14)21-18(23)13-16-6-4-5-12-19-16/h4-6,8-12H,2-3,7,13H2,1H3,(H,20,22)(H,21,23). The van der Waals surface area contributed by atoms with Crippen molar-refractivity contribution in [2.24, 2.45) is 0 Å². The molecule has 120 valence electrons. The molecule has 0 spiro atoms. The van der Waals surface area contributed by atoms with Crippen LogP contribution in [0.25, 0.3) is 0 Å². The van der Waals surface area contributed by atoms with Crippen molar-refractivity contribution < 1.29 is 9.59 Å². The van der Waals surface area contributed by atoms with Crippen LogP contribution in [0, 0.1) is 0 Å². The number of unbranched alkanes of at least 4 members (excludes halogenated alkanes) is 1. The van der Waals surface area contributed by atoms with E-state index in [2.05, 4.69) is 22.5 Å². The van der Waals surface area contributed by atoms with E-state index in [0.29, 0.717) is 12.1 Å². The lowest BCUT2D eigenvalue weighted by Crippen LogP contribution is -2.15. The van der Waals surface area contributed by atoms with Gasteiger partial charge in [-0.15, -0.1) is 0 Å². The number of hydrogen-bond acceptors (Lipinski definition) is 3. The molecule has 2 rings (SSSR count). The van der Waals surface area contributed by atoms with Crippen molar-refractivity contribution in [1.29, 1.82) is 0 Å². The van der Waals surface area contributed by atoms with Crippen molar-refractivity contribution in [2.45, 2.75) is 32.6 Å². The smallest absolute Gasteiger partial charge is 0.230 e. The molecule has 0 aliphatic heterocycles. The van der Waals surface area contributed by atoms with E-state index < -0.39 is 0 Å². The normalized spacial score (nSPS) is 10.1. The van der Waals surface area contributed by atoms with E-state index in [-0.39, 0.29) is 18.2 Å². The van der Waals surface area contributed by atoms with E-state index >= 15 is 0 Å². The molecule has 2 aromatic rings. The topological polar surface area (TPSA) is 71.1 Å². The lowest BCUT2D eigenvalue weighted by molar-refractivity contribution is -0.116. The second-order valence-electron chi connectivity index (χ2n) is 5.28. The summed E-state index contributed by atoms with van der Waals surface area (Å²) >= 11 is 0. The lowest BCUT2D eigenvalue weighted by atomic mass is 10.2. The van der Waals surface area contributed by atoms with Crippen LogP contribution in [0.1, 0.15) is 31.9 Å². The minimum atomic E-state index is -0.122. The van der Waals surface area contributed by atoms with E-state index in [1.165, 1.54) is 0 Å². The molecule has 0 saturated carbocycles. The average molecular weight is 311 g/mol. The zero-order valence-electron chi connectivity index (χ0n) is 13.2. The Labute approximate surface area is 136 Å². The molecule has 1 aromatic carbocycles. The van der Waals surface area contributed by atoms with Crippen molar-refractivity contribution in [3.8, 4) is 0 Å². The highest BCUT2D eigenvalue weighted by molar-refractivity contribution is 5.93. The van der Waals surface area contributed by atoms with Gasteiger partial charge < -0.3 is 10.6 Å². The van der Waals surface area contributed by atoms with Gasteiger partial charge in [0.25, 0.3) is 0 Å². The Balaban J connectivity index is 1.84. The van der Waals surface area contributed by atoms with E-state index in [1.54, 1.807) is 30.5 Å². The summed E-state index contributed by atoms with van der Waals surface area (Å²) < 4.78 is 0. The van der Waals surface area contributed by atoms with Gasteiger partial charge in [0.2, 0.25) is 11.8 Å². The molecular formula is C18H21N3O2. The number of carbonyl (C=O) groups is 2. The number of benzene rings is 1. The van der Waals surface area contributed by atoms with Crippen LogP contribution < -0.4 is 10.6 Å². The molecule has 0 unspecified atom stereocenters. The van der Waals surface area contributed by atoms with Gasteiger partial charge in [-0.25, -0.2) is 0 Å². The molecule has 2 N–H and O–H groups in total. The van der Waals surface area contributed by atoms with Crippen molar-refractivity contribution in [1.82, 2.24) is 4.98 Å². The molecule has 0 bridgehead atoms. The molecule has 0 atom stereocenters. The first kappa shape index (κ1) is 16.7. The average Bonchev–Trinajstić information content (AvgIpc) is 2.55. The SMILES string of the molecule is CCCCC(=O)Nc1ccc(NC(=O)Cc2ccccn2)cc1. The molecular weight excluding hydrogens is 290 g/mol. The first-order chi connectivity index (χ1) is 11.2. The van der Waals surface area contributed by atoms with E-state index in [0.717, 1.165) is 24.2 Å². The Morgan fingerprint density at radius 3 is 2.17 bits per heavy atom. The molecule has 0 saturated heterocycles. The second kappa shape index (κ2) is 8.68. The highest BCUT2D eigenvalue weighted by Gasteiger charge is 2.06. The number of rotatable bonds is 7. The fourth-order valence-corrected chi connectivity index (χ4v) is 2.07. The van der Waals surface area contributed by atoms with Crippen molar-refractivity contribution in [3.63, 3.8) is 0 Å². The van der Waals surface area contributed by atoms with Crippen LogP contribution in [-0.4, -0.2) is 16.8 Å². The Kier molecular flexibility index (Phi) is 6.29. The van der Waals surface area contributed by atoms with Crippen LogP contribution in [0.5, 0.6) is 0 Å². The summed E-state index contributed by atoms with van der Waals surface area (Å²) in [5.41, 5.74) is 2.15. The largest absolute Gasteiger partial charge is 0.326 e. The monoisotopic (exact) mass is 311 g/mol. The third-order valence-corrected chi connectivity index (χ3v) is 3.28. The molecule has 0 radical (unpaired) electrons. The fourth-order valence-electron chi connectivity index (χ4n) is 2.07. The minimum Gasteiger partial charge on any atom is -0.326 e. The van der Waals surface area contributed by atoms with Crippen molar-refractivity contribution in [3.05, 3.63) is 54.4 Å². The van der Waals surface area contributed by atoms with Gasteiger partial charge in [-0.2, -0.15) is 0 Å². The number of anilines is 2. The predicted octanol–water partition coefficient (Wildman–Crippen LogP) is 3.39. The maximum atomic E-state index is 11.9. The molecule has 2 amide bonds. The summed E-state index contributed by atoms with van der Waals surface area (Å²) in [6.07, 6.45) is 4.30.